The molecule has 0 amide bonds. The topological polar surface area (TPSA) is 24.5 Å². The van der Waals surface area contributed by atoms with E-state index in [-0.39, 0.29) is 17.5 Å². The van der Waals surface area contributed by atoms with Crippen LogP contribution in [-0.2, 0) is 6.42 Å². The van der Waals surface area contributed by atoms with Gasteiger partial charge < -0.3 is 10.1 Å². The minimum absolute atomic E-state index is 0.165. The van der Waals surface area contributed by atoms with Crippen molar-refractivity contribution in [2.24, 2.45) is 5.92 Å². The molecule has 114 valence electrons. The van der Waals surface area contributed by atoms with Crippen LogP contribution in [0, 0.1) is 11.7 Å². The zero-order valence-corrected chi connectivity index (χ0v) is 12.6. The van der Waals surface area contributed by atoms with Gasteiger partial charge in [0.2, 0.25) is 0 Å². The van der Waals surface area contributed by atoms with E-state index >= 15 is 0 Å². The second-order valence-electron chi connectivity index (χ2n) is 7.05. The van der Waals surface area contributed by atoms with Crippen molar-refractivity contribution in [2.75, 3.05) is 26.2 Å². The summed E-state index contributed by atoms with van der Waals surface area (Å²) in [5.41, 5.74) is 1.29. The highest BCUT2D eigenvalue weighted by molar-refractivity contribution is 5.38. The zero-order chi connectivity index (χ0) is 14.4. The van der Waals surface area contributed by atoms with Crippen LogP contribution in [0.2, 0.25) is 0 Å². The van der Waals surface area contributed by atoms with Crippen LogP contribution in [0.3, 0.4) is 0 Å². The average Bonchev–Trinajstić information content (AvgIpc) is 3.22. The van der Waals surface area contributed by atoms with E-state index in [0.29, 0.717) is 0 Å². The molecule has 0 spiro atoms. The van der Waals surface area contributed by atoms with E-state index in [1.165, 1.54) is 18.9 Å². The summed E-state index contributed by atoms with van der Waals surface area (Å²) >= 11 is 0. The van der Waals surface area contributed by atoms with Crippen molar-refractivity contribution in [3.05, 3.63) is 29.6 Å². The molecule has 0 aromatic heterocycles. The Morgan fingerprint density at radius 3 is 3.10 bits per heavy atom. The van der Waals surface area contributed by atoms with Gasteiger partial charge in [-0.1, -0.05) is 0 Å². The van der Waals surface area contributed by atoms with E-state index in [2.05, 4.69) is 17.1 Å². The molecule has 3 nitrogen and oxygen atoms in total. The Morgan fingerprint density at radius 2 is 2.29 bits per heavy atom. The van der Waals surface area contributed by atoms with Crippen molar-refractivity contribution >= 4 is 0 Å². The lowest BCUT2D eigenvalue weighted by atomic mass is 9.92. The van der Waals surface area contributed by atoms with E-state index < -0.39 is 0 Å². The first-order valence-electron chi connectivity index (χ1n) is 8.05. The number of benzene rings is 1. The number of nitrogens with zero attached hydrogens (tertiary/aromatic N) is 1. The second kappa shape index (κ2) is 4.96. The smallest absolute Gasteiger partial charge is 0.123 e. The number of nitrogens with one attached hydrogen (secondary N) is 1. The molecule has 1 aromatic carbocycles. The van der Waals surface area contributed by atoms with E-state index in [4.69, 9.17) is 4.74 Å². The van der Waals surface area contributed by atoms with Crippen LogP contribution in [0.5, 0.6) is 5.75 Å². The molecule has 3 aliphatic rings. The Balaban J connectivity index is 1.39. The quantitative estimate of drug-likeness (QED) is 0.923. The fourth-order valence-corrected chi connectivity index (χ4v) is 3.93. The first-order valence-corrected chi connectivity index (χ1v) is 8.05. The fourth-order valence-electron chi connectivity index (χ4n) is 3.93. The van der Waals surface area contributed by atoms with E-state index in [1.54, 1.807) is 12.1 Å². The van der Waals surface area contributed by atoms with Crippen LogP contribution >= 0.6 is 0 Å². The summed E-state index contributed by atoms with van der Waals surface area (Å²) in [6.45, 7) is 6.53. The van der Waals surface area contributed by atoms with E-state index in [1.807, 2.05) is 0 Å². The lowest BCUT2D eigenvalue weighted by Gasteiger charge is -2.42. The number of ether oxygens (including phenoxy) is 1. The van der Waals surface area contributed by atoms with Gasteiger partial charge in [-0.05, 0) is 43.9 Å². The van der Waals surface area contributed by atoms with Gasteiger partial charge in [-0.2, -0.15) is 0 Å². The number of hydrogen-bond acceptors (Lipinski definition) is 3. The van der Waals surface area contributed by atoms with Crippen molar-refractivity contribution in [2.45, 2.75) is 37.8 Å². The minimum atomic E-state index is -0.165. The van der Waals surface area contributed by atoms with Crippen molar-refractivity contribution in [3.63, 3.8) is 0 Å². The SMILES string of the molecule is CC1(C2CC2)CN(CC2Cc3cc(F)ccc3O2)CCN1. The molecule has 2 heterocycles. The van der Waals surface area contributed by atoms with Gasteiger partial charge >= 0.3 is 0 Å². The largest absolute Gasteiger partial charge is 0.488 e. The third-order valence-electron chi connectivity index (χ3n) is 5.21. The molecule has 2 fully saturated rings. The number of rotatable bonds is 3. The predicted molar refractivity (Wildman–Crippen MR) is 80.1 cm³/mol. The molecule has 2 unspecified atom stereocenters. The molecule has 0 bridgehead atoms. The summed E-state index contributed by atoms with van der Waals surface area (Å²) in [7, 11) is 0. The summed E-state index contributed by atoms with van der Waals surface area (Å²) in [4.78, 5) is 2.52. The third-order valence-corrected chi connectivity index (χ3v) is 5.21. The Kier molecular flexibility index (Phi) is 3.19. The zero-order valence-electron chi connectivity index (χ0n) is 12.6. The molecule has 21 heavy (non-hydrogen) atoms. The van der Waals surface area contributed by atoms with Crippen molar-refractivity contribution in [1.82, 2.24) is 10.2 Å². The molecule has 2 atom stereocenters. The summed E-state index contributed by atoms with van der Waals surface area (Å²) in [5, 5.41) is 3.70. The van der Waals surface area contributed by atoms with Gasteiger partial charge in [-0.3, -0.25) is 4.90 Å². The van der Waals surface area contributed by atoms with Crippen LogP contribution < -0.4 is 10.1 Å². The lowest BCUT2D eigenvalue weighted by Crippen LogP contribution is -2.61. The Hall–Kier alpha value is -1.13. The molecule has 1 aliphatic carbocycles. The third kappa shape index (κ3) is 2.67. The molecule has 4 heteroatoms. The van der Waals surface area contributed by atoms with Gasteiger partial charge in [0.1, 0.15) is 17.7 Å². The molecule has 1 saturated carbocycles. The standard InChI is InChI=1S/C17H23FN2O/c1-17(13-2-3-13)11-20(7-6-19-17)10-15-9-12-8-14(18)4-5-16(12)21-15/h4-5,8,13,15,19H,2-3,6-7,9-11H2,1H3. The van der Waals surface area contributed by atoms with Crippen LogP contribution in [0.15, 0.2) is 18.2 Å². The number of halogens is 1. The number of fused-ring (bicyclic) bond motifs is 1. The molecule has 1 aromatic rings. The van der Waals surface area contributed by atoms with Crippen molar-refractivity contribution in [1.29, 1.82) is 0 Å². The maximum absolute atomic E-state index is 13.3. The maximum atomic E-state index is 13.3. The van der Waals surface area contributed by atoms with E-state index in [0.717, 1.165) is 49.8 Å². The highest BCUT2D eigenvalue weighted by Gasteiger charge is 2.44. The normalized spacial score (nSPS) is 32.8. The first-order chi connectivity index (χ1) is 10.1. The Morgan fingerprint density at radius 1 is 1.43 bits per heavy atom. The Bertz CT molecular complexity index is 546. The molecule has 1 N–H and O–H groups in total. The van der Waals surface area contributed by atoms with E-state index in [9.17, 15) is 4.39 Å². The monoisotopic (exact) mass is 290 g/mol. The highest BCUT2D eigenvalue weighted by atomic mass is 19.1. The predicted octanol–water partition coefficient (Wildman–Crippen LogP) is 2.20. The molecular weight excluding hydrogens is 267 g/mol. The van der Waals surface area contributed by atoms with Crippen LogP contribution in [0.1, 0.15) is 25.3 Å². The van der Waals surface area contributed by atoms with Gasteiger partial charge in [-0.25, -0.2) is 4.39 Å². The first kappa shape index (κ1) is 13.5. The van der Waals surface area contributed by atoms with Gasteiger partial charge in [0.05, 0.1) is 0 Å². The Labute approximate surface area is 125 Å². The average molecular weight is 290 g/mol. The summed E-state index contributed by atoms with van der Waals surface area (Å²) < 4.78 is 19.3. The molecule has 2 aliphatic heterocycles. The summed E-state index contributed by atoms with van der Waals surface area (Å²) in [6, 6.07) is 4.86. The highest BCUT2D eigenvalue weighted by Crippen LogP contribution is 2.41. The number of piperazine rings is 1. The maximum Gasteiger partial charge on any atom is 0.123 e. The van der Waals surface area contributed by atoms with Gasteiger partial charge in [0, 0.05) is 43.7 Å². The minimum Gasteiger partial charge on any atom is -0.488 e. The van der Waals surface area contributed by atoms with Crippen molar-refractivity contribution < 1.29 is 9.13 Å². The molecule has 0 radical (unpaired) electrons. The van der Waals surface area contributed by atoms with Crippen molar-refractivity contribution in [3.8, 4) is 5.75 Å². The van der Waals surface area contributed by atoms with Crippen LogP contribution in [-0.4, -0.2) is 42.7 Å². The lowest BCUT2D eigenvalue weighted by molar-refractivity contribution is 0.0860. The summed E-state index contributed by atoms with van der Waals surface area (Å²) in [6.07, 6.45) is 3.73. The number of hydrogen-bond donors (Lipinski definition) is 1. The summed E-state index contributed by atoms with van der Waals surface area (Å²) in [5.74, 6) is 1.54. The molecule has 4 rings (SSSR count). The van der Waals surface area contributed by atoms with Crippen LogP contribution in [0.4, 0.5) is 4.39 Å². The fraction of sp³-hybridized carbons (Fsp3) is 0.647. The van der Waals surface area contributed by atoms with Crippen LogP contribution in [0.25, 0.3) is 0 Å². The van der Waals surface area contributed by atoms with Gasteiger partial charge in [0.25, 0.3) is 0 Å². The second-order valence-corrected chi connectivity index (χ2v) is 7.05. The van der Waals surface area contributed by atoms with Gasteiger partial charge in [0.15, 0.2) is 0 Å². The molecular formula is C17H23FN2O. The van der Waals surface area contributed by atoms with Gasteiger partial charge in [-0.15, -0.1) is 0 Å². The molecule has 1 saturated heterocycles.